The Morgan fingerprint density at radius 3 is 2.55 bits per heavy atom. The van der Waals surface area contributed by atoms with Crippen molar-refractivity contribution < 1.29 is 14.7 Å². The van der Waals surface area contributed by atoms with Gasteiger partial charge in [0.15, 0.2) is 11.5 Å². The highest BCUT2D eigenvalue weighted by atomic mass is 79.9. The summed E-state index contributed by atoms with van der Waals surface area (Å²) in [5, 5.41) is 11.6. The van der Waals surface area contributed by atoms with Gasteiger partial charge >= 0.3 is 0 Å². The molecule has 0 unspecified atom stereocenters. The van der Waals surface area contributed by atoms with Gasteiger partial charge < -0.3 is 14.7 Å². The van der Waals surface area contributed by atoms with E-state index in [0.717, 1.165) is 15.6 Å². The summed E-state index contributed by atoms with van der Waals surface area (Å²) in [6.45, 7) is 0.434. The molecule has 0 saturated carbocycles. The van der Waals surface area contributed by atoms with Crippen molar-refractivity contribution in [2.75, 3.05) is 7.11 Å². The molecule has 0 aliphatic carbocycles. The molecular formula is C15H14BrNO3. The summed E-state index contributed by atoms with van der Waals surface area (Å²) in [6, 6.07) is 13.2. The van der Waals surface area contributed by atoms with Gasteiger partial charge in [-0.05, 0) is 35.9 Å². The Morgan fingerprint density at radius 2 is 1.90 bits per heavy atom. The SMILES string of the molecule is COc1ccc(/C=N/O)cc1OCc1ccc(Br)cc1. The molecule has 0 fully saturated rings. The molecule has 2 aromatic carbocycles. The Kier molecular flexibility index (Phi) is 5.01. The predicted molar refractivity (Wildman–Crippen MR) is 80.8 cm³/mol. The topological polar surface area (TPSA) is 51.0 Å². The van der Waals surface area contributed by atoms with Crippen LogP contribution in [0.15, 0.2) is 52.1 Å². The van der Waals surface area contributed by atoms with Crippen LogP contribution in [-0.2, 0) is 6.61 Å². The zero-order chi connectivity index (χ0) is 14.4. The second-order valence-electron chi connectivity index (χ2n) is 4.07. The first kappa shape index (κ1) is 14.4. The summed E-state index contributed by atoms with van der Waals surface area (Å²) < 4.78 is 12.0. The number of halogens is 1. The van der Waals surface area contributed by atoms with Crippen LogP contribution in [0.5, 0.6) is 11.5 Å². The number of methoxy groups -OCH3 is 1. The van der Waals surface area contributed by atoms with Crippen LogP contribution in [0.3, 0.4) is 0 Å². The van der Waals surface area contributed by atoms with E-state index >= 15 is 0 Å². The molecule has 2 aromatic rings. The van der Waals surface area contributed by atoms with Crippen molar-refractivity contribution in [3.05, 3.63) is 58.1 Å². The fourth-order valence-corrected chi connectivity index (χ4v) is 1.96. The summed E-state index contributed by atoms with van der Waals surface area (Å²) >= 11 is 3.39. The monoisotopic (exact) mass is 335 g/mol. The maximum Gasteiger partial charge on any atom is 0.162 e. The maximum absolute atomic E-state index is 8.56. The molecule has 104 valence electrons. The molecule has 1 N–H and O–H groups in total. The van der Waals surface area contributed by atoms with Crippen LogP contribution in [0.25, 0.3) is 0 Å². The lowest BCUT2D eigenvalue weighted by Crippen LogP contribution is -1.98. The largest absolute Gasteiger partial charge is 0.493 e. The molecule has 0 heterocycles. The van der Waals surface area contributed by atoms with Gasteiger partial charge in [-0.15, -0.1) is 0 Å². The molecule has 0 aromatic heterocycles. The number of hydrogen-bond donors (Lipinski definition) is 1. The van der Waals surface area contributed by atoms with Crippen molar-refractivity contribution in [2.45, 2.75) is 6.61 Å². The molecule has 0 aliphatic rings. The molecule has 2 rings (SSSR count). The van der Waals surface area contributed by atoms with E-state index in [1.54, 1.807) is 25.3 Å². The van der Waals surface area contributed by atoms with Gasteiger partial charge in [0.05, 0.1) is 13.3 Å². The van der Waals surface area contributed by atoms with Gasteiger partial charge in [0, 0.05) is 10.0 Å². The summed E-state index contributed by atoms with van der Waals surface area (Å²) in [5.74, 6) is 1.24. The molecule has 0 spiro atoms. The first-order valence-corrected chi connectivity index (χ1v) is 6.75. The van der Waals surface area contributed by atoms with Crippen LogP contribution in [0.1, 0.15) is 11.1 Å². The number of ether oxygens (including phenoxy) is 2. The Hall–Kier alpha value is -2.01. The Morgan fingerprint density at radius 1 is 1.15 bits per heavy atom. The Balaban J connectivity index is 2.14. The second kappa shape index (κ2) is 6.96. The van der Waals surface area contributed by atoms with E-state index in [9.17, 15) is 0 Å². The third-order valence-electron chi connectivity index (χ3n) is 2.70. The highest BCUT2D eigenvalue weighted by Gasteiger charge is 2.05. The summed E-state index contributed by atoms with van der Waals surface area (Å²) in [6.07, 6.45) is 1.34. The third kappa shape index (κ3) is 3.74. The van der Waals surface area contributed by atoms with E-state index in [-0.39, 0.29) is 0 Å². The molecule has 0 saturated heterocycles. The summed E-state index contributed by atoms with van der Waals surface area (Å²) in [4.78, 5) is 0. The van der Waals surface area contributed by atoms with E-state index in [4.69, 9.17) is 14.7 Å². The van der Waals surface area contributed by atoms with E-state index in [2.05, 4.69) is 21.1 Å². The van der Waals surface area contributed by atoms with Crippen molar-refractivity contribution in [1.82, 2.24) is 0 Å². The highest BCUT2D eigenvalue weighted by Crippen LogP contribution is 2.28. The van der Waals surface area contributed by atoms with E-state index in [1.165, 1.54) is 6.21 Å². The van der Waals surface area contributed by atoms with Gasteiger partial charge in [0.25, 0.3) is 0 Å². The molecule has 0 atom stereocenters. The average molecular weight is 336 g/mol. The van der Waals surface area contributed by atoms with E-state index < -0.39 is 0 Å². The van der Waals surface area contributed by atoms with Crippen molar-refractivity contribution in [3.63, 3.8) is 0 Å². The summed E-state index contributed by atoms with van der Waals surface area (Å²) in [5.41, 5.74) is 1.79. The summed E-state index contributed by atoms with van der Waals surface area (Å²) in [7, 11) is 1.58. The normalized spacial score (nSPS) is 10.7. The number of hydrogen-bond acceptors (Lipinski definition) is 4. The second-order valence-corrected chi connectivity index (χ2v) is 4.99. The average Bonchev–Trinajstić information content (AvgIpc) is 2.47. The van der Waals surface area contributed by atoms with E-state index in [1.807, 2.05) is 24.3 Å². The smallest absolute Gasteiger partial charge is 0.162 e. The molecule has 0 radical (unpaired) electrons. The standard InChI is InChI=1S/C15H14BrNO3/c1-19-14-7-4-12(9-17-18)8-15(14)20-10-11-2-5-13(16)6-3-11/h2-9,18H,10H2,1H3/b17-9+. The first-order chi connectivity index (χ1) is 9.72. The minimum atomic E-state index is 0.434. The number of rotatable bonds is 5. The van der Waals surface area contributed by atoms with Crippen molar-refractivity contribution >= 4 is 22.1 Å². The van der Waals surface area contributed by atoms with Crippen LogP contribution in [0.2, 0.25) is 0 Å². The van der Waals surface area contributed by atoms with Gasteiger partial charge in [-0.25, -0.2) is 0 Å². The van der Waals surface area contributed by atoms with E-state index in [0.29, 0.717) is 18.1 Å². The van der Waals surface area contributed by atoms with Gasteiger partial charge in [-0.3, -0.25) is 0 Å². The van der Waals surface area contributed by atoms with Crippen LogP contribution in [0, 0.1) is 0 Å². The molecule has 20 heavy (non-hydrogen) atoms. The number of benzene rings is 2. The van der Waals surface area contributed by atoms with Crippen LogP contribution in [0.4, 0.5) is 0 Å². The minimum Gasteiger partial charge on any atom is -0.493 e. The molecule has 4 nitrogen and oxygen atoms in total. The van der Waals surface area contributed by atoms with Gasteiger partial charge in [-0.2, -0.15) is 0 Å². The lowest BCUT2D eigenvalue weighted by atomic mass is 10.2. The lowest BCUT2D eigenvalue weighted by molar-refractivity contribution is 0.284. The molecule has 5 heteroatoms. The fraction of sp³-hybridized carbons (Fsp3) is 0.133. The van der Waals surface area contributed by atoms with Crippen LogP contribution in [-0.4, -0.2) is 18.5 Å². The first-order valence-electron chi connectivity index (χ1n) is 5.95. The molecule has 0 bridgehead atoms. The minimum absolute atomic E-state index is 0.434. The third-order valence-corrected chi connectivity index (χ3v) is 3.23. The highest BCUT2D eigenvalue weighted by molar-refractivity contribution is 9.10. The lowest BCUT2D eigenvalue weighted by Gasteiger charge is -2.11. The van der Waals surface area contributed by atoms with Gasteiger partial charge in [0.1, 0.15) is 6.61 Å². The molecular weight excluding hydrogens is 322 g/mol. The zero-order valence-electron chi connectivity index (χ0n) is 10.9. The van der Waals surface area contributed by atoms with Crippen LogP contribution < -0.4 is 9.47 Å². The van der Waals surface area contributed by atoms with Crippen LogP contribution >= 0.6 is 15.9 Å². The quantitative estimate of drug-likeness (QED) is 0.513. The van der Waals surface area contributed by atoms with Gasteiger partial charge in [-0.1, -0.05) is 33.2 Å². The molecule has 0 amide bonds. The van der Waals surface area contributed by atoms with Crippen molar-refractivity contribution in [1.29, 1.82) is 0 Å². The fourth-order valence-electron chi connectivity index (χ4n) is 1.69. The van der Waals surface area contributed by atoms with Crippen molar-refractivity contribution in [3.8, 4) is 11.5 Å². The Bertz CT molecular complexity index is 597. The molecule has 0 aliphatic heterocycles. The Labute approximate surface area is 125 Å². The van der Waals surface area contributed by atoms with Gasteiger partial charge in [0.2, 0.25) is 0 Å². The maximum atomic E-state index is 8.56. The number of oxime groups is 1. The predicted octanol–water partition coefficient (Wildman–Crippen LogP) is 3.84. The zero-order valence-corrected chi connectivity index (χ0v) is 12.5. The van der Waals surface area contributed by atoms with Crippen molar-refractivity contribution in [2.24, 2.45) is 5.16 Å². The number of nitrogens with zero attached hydrogens (tertiary/aromatic N) is 1.